The van der Waals surface area contributed by atoms with E-state index >= 15 is 0 Å². The second-order valence-electron chi connectivity index (χ2n) is 6.45. The van der Waals surface area contributed by atoms with Gasteiger partial charge in [-0.15, -0.1) is 0 Å². The van der Waals surface area contributed by atoms with Crippen molar-refractivity contribution < 1.29 is 19.0 Å². The normalized spacial score (nSPS) is 20.6. The minimum atomic E-state index is -0.997. The van der Waals surface area contributed by atoms with Crippen LogP contribution in [0.4, 0.5) is 4.39 Å². The van der Waals surface area contributed by atoms with Gasteiger partial charge in [0.1, 0.15) is 23.7 Å². The Morgan fingerprint density at radius 1 is 1.28 bits per heavy atom. The van der Waals surface area contributed by atoms with Gasteiger partial charge >= 0.3 is 5.97 Å². The topological polar surface area (TPSA) is 49.8 Å². The van der Waals surface area contributed by atoms with Crippen LogP contribution in [0.3, 0.4) is 0 Å². The van der Waals surface area contributed by atoms with E-state index in [-0.39, 0.29) is 17.4 Å². The van der Waals surface area contributed by atoms with Crippen LogP contribution in [0.5, 0.6) is 5.75 Å². The lowest BCUT2D eigenvalue weighted by Gasteiger charge is -2.27. The first-order valence-electron chi connectivity index (χ1n) is 8.51. The van der Waals surface area contributed by atoms with Crippen molar-refractivity contribution in [3.05, 3.63) is 65.5 Å². The van der Waals surface area contributed by atoms with Gasteiger partial charge in [-0.2, -0.15) is 0 Å². The Kier molecular flexibility index (Phi) is 5.34. The highest BCUT2D eigenvalue weighted by Gasteiger charge is 2.32. The van der Waals surface area contributed by atoms with E-state index in [0.717, 1.165) is 18.5 Å². The molecule has 5 heteroatoms. The van der Waals surface area contributed by atoms with Crippen molar-refractivity contribution in [2.24, 2.45) is 5.92 Å². The van der Waals surface area contributed by atoms with Gasteiger partial charge in [-0.3, -0.25) is 4.90 Å². The number of para-hydroxylation sites is 1. The van der Waals surface area contributed by atoms with Gasteiger partial charge in [-0.05, 0) is 48.7 Å². The van der Waals surface area contributed by atoms with Crippen molar-refractivity contribution in [3.63, 3.8) is 0 Å². The summed E-state index contributed by atoms with van der Waals surface area (Å²) in [7, 11) is 0. The third kappa shape index (κ3) is 3.99. The number of nitrogens with zero attached hydrogens (tertiary/aromatic N) is 1. The predicted molar refractivity (Wildman–Crippen MR) is 93.4 cm³/mol. The summed E-state index contributed by atoms with van der Waals surface area (Å²) in [5, 5.41) is 9.20. The summed E-state index contributed by atoms with van der Waals surface area (Å²) in [4.78, 5) is 13.5. The molecule has 1 aliphatic rings. The molecule has 2 aromatic rings. The molecule has 0 bridgehead atoms. The highest BCUT2D eigenvalue weighted by atomic mass is 19.1. The molecule has 1 heterocycles. The average Bonchev–Trinajstić information content (AvgIpc) is 2.96. The molecule has 3 rings (SSSR count). The van der Waals surface area contributed by atoms with E-state index in [0.29, 0.717) is 24.8 Å². The van der Waals surface area contributed by atoms with Crippen LogP contribution in [0, 0.1) is 11.7 Å². The van der Waals surface area contributed by atoms with Crippen LogP contribution in [0.25, 0.3) is 0 Å². The molecular formula is C20H22FNO3. The number of benzene rings is 2. The minimum Gasteiger partial charge on any atom is -0.491 e. The van der Waals surface area contributed by atoms with Gasteiger partial charge in [-0.1, -0.05) is 31.2 Å². The Morgan fingerprint density at radius 2 is 2.08 bits per heavy atom. The number of hydrogen-bond acceptors (Lipinski definition) is 3. The van der Waals surface area contributed by atoms with E-state index in [1.165, 1.54) is 12.1 Å². The molecular weight excluding hydrogens is 321 g/mol. The summed E-state index contributed by atoms with van der Waals surface area (Å²) >= 11 is 0. The fourth-order valence-corrected chi connectivity index (χ4v) is 3.55. The lowest BCUT2D eigenvalue weighted by Crippen LogP contribution is -2.29. The van der Waals surface area contributed by atoms with Gasteiger partial charge < -0.3 is 9.84 Å². The lowest BCUT2D eigenvalue weighted by molar-refractivity contribution is 0.0691. The fraction of sp³-hybridized carbons (Fsp3) is 0.350. The molecule has 0 aromatic heterocycles. The molecule has 0 aliphatic carbocycles. The summed E-state index contributed by atoms with van der Waals surface area (Å²) in [6.45, 7) is 4.16. The summed E-state index contributed by atoms with van der Waals surface area (Å²) in [6, 6.07) is 13.6. The molecule has 0 radical (unpaired) electrons. The Labute approximate surface area is 146 Å². The quantitative estimate of drug-likeness (QED) is 0.862. The Bertz CT molecular complexity index is 749. The third-order valence-corrected chi connectivity index (χ3v) is 4.75. The molecule has 4 nitrogen and oxygen atoms in total. The highest BCUT2D eigenvalue weighted by Crippen LogP contribution is 2.36. The Balaban J connectivity index is 1.65. The standard InChI is InChI=1S/C20H22FNO3/c1-14-9-10-22(19(14)15-5-4-6-16(21)13-15)11-12-25-18-8-3-2-7-17(18)20(23)24/h2-8,13-14,19H,9-12H2,1H3,(H,23,24)/t14-,19+/m0/s1. The SMILES string of the molecule is C[C@H]1CCN(CCOc2ccccc2C(=O)O)[C@H]1c1cccc(F)c1. The van der Waals surface area contributed by atoms with E-state index in [9.17, 15) is 14.3 Å². The minimum absolute atomic E-state index is 0.161. The van der Waals surface area contributed by atoms with Crippen LogP contribution in [-0.2, 0) is 0 Å². The number of carboxylic acids is 1. The number of carboxylic acid groups (broad SMARTS) is 1. The highest BCUT2D eigenvalue weighted by molar-refractivity contribution is 5.90. The Hall–Kier alpha value is -2.40. The molecule has 0 unspecified atom stereocenters. The molecule has 0 amide bonds. The zero-order valence-corrected chi connectivity index (χ0v) is 14.2. The molecule has 2 atom stereocenters. The summed E-state index contributed by atoms with van der Waals surface area (Å²) in [6.07, 6.45) is 1.05. The lowest BCUT2D eigenvalue weighted by atomic mass is 9.95. The first-order valence-corrected chi connectivity index (χ1v) is 8.51. The molecule has 1 N–H and O–H groups in total. The summed E-state index contributed by atoms with van der Waals surface area (Å²) < 4.78 is 19.3. The Morgan fingerprint density at radius 3 is 2.84 bits per heavy atom. The zero-order chi connectivity index (χ0) is 17.8. The van der Waals surface area contributed by atoms with Crippen molar-refractivity contribution in [3.8, 4) is 5.75 Å². The number of rotatable bonds is 6. The molecule has 1 aliphatic heterocycles. The van der Waals surface area contributed by atoms with E-state index in [4.69, 9.17) is 4.74 Å². The molecule has 2 aromatic carbocycles. The van der Waals surface area contributed by atoms with Crippen molar-refractivity contribution in [2.45, 2.75) is 19.4 Å². The molecule has 0 spiro atoms. The first-order chi connectivity index (χ1) is 12.1. The van der Waals surface area contributed by atoms with Crippen LogP contribution in [-0.4, -0.2) is 35.7 Å². The maximum absolute atomic E-state index is 13.6. The maximum atomic E-state index is 13.6. The van der Waals surface area contributed by atoms with Gasteiger partial charge in [0.2, 0.25) is 0 Å². The number of halogens is 1. The van der Waals surface area contributed by atoms with Crippen molar-refractivity contribution in [1.29, 1.82) is 0 Å². The molecule has 132 valence electrons. The number of aromatic carboxylic acids is 1. The molecule has 25 heavy (non-hydrogen) atoms. The van der Waals surface area contributed by atoms with Gasteiger partial charge in [0.25, 0.3) is 0 Å². The van der Waals surface area contributed by atoms with Gasteiger partial charge in [0.15, 0.2) is 0 Å². The number of ether oxygens (including phenoxy) is 1. The van der Waals surface area contributed by atoms with Gasteiger partial charge in [0.05, 0.1) is 0 Å². The van der Waals surface area contributed by atoms with Crippen LogP contribution >= 0.6 is 0 Å². The maximum Gasteiger partial charge on any atom is 0.339 e. The van der Waals surface area contributed by atoms with Crippen molar-refractivity contribution in [1.82, 2.24) is 4.90 Å². The molecule has 1 fully saturated rings. The predicted octanol–water partition coefficient (Wildman–Crippen LogP) is 3.99. The van der Waals surface area contributed by atoms with Gasteiger partial charge in [0, 0.05) is 12.6 Å². The van der Waals surface area contributed by atoms with Gasteiger partial charge in [-0.25, -0.2) is 9.18 Å². The average molecular weight is 343 g/mol. The molecule has 1 saturated heterocycles. The fourth-order valence-electron chi connectivity index (χ4n) is 3.55. The largest absolute Gasteiger partial charge is 0.491 e. The van der Waals surface area contributed by atoms with Crippen LogP contribution < -0.4 is 4.74 Å². The van der Waals surface area contributed by atoms with E-state index < -0.39 is 5.97 Å². The number of likely N-dealkylation sites (tertiary alicyclic amines) is 1. The van der Waals surface area contributed by atoms with Crippen molar-refractivity contribution >= 4 is 5.97 Å². The zero-order valence-electron chi connectivity index (χ0n) is 14.2. The number of carbonyl (C=O) groups is 1. The van der Waals surface area contributed by atoms with Crippen LogP contribution in [0.15, 0.2) is 48.5 Å². The second kappa shape index (κ2) is 7.66. The molecule has 0 saturated carbocycles. The van der Waals surface area contributed by atoms with Crippen LogP contribution in [0.2, 0.25) is 0 Å². The number of hydrogen-bond donors (Lipinski definition) is 1. The monoisotopic (exact) mass is 343 g/mol. The van der Waals surface area contributed by atoms with E-state index in [2.05, 4.69) is 11.8 Å². The van der Waals surface area contributed by atoms with Crippen molar-refractivity contribution in [2.75, 3.05) is 19.7 Å². The van der Waals surface area contributed by atoms with Crippen LogP contribution in [0.1, 0.15) is 35.3 Å². The third-order valence-electron chi connectivity index (χ3n) is 4.75. The van der Waals surface area contributed by atoms with E-state index in [1.54, 1.807) is 30.3 Å². The first kappa shape index (κ1) is 17.4. The summed E-state index contributed by atoms with van der Waals surface area (Å²) in [5.41, 5.74) is 1.15. The summed E-state index contributed by atoms with van der Waals surface area (Å²) in [5.74, 6) is -0.399. The second-order valence-corrected chi connectivity index (χ2v) is 6.45. The smallest absolute Gasteiger partial charge is 0.339 e. The van der Waals surface area contributed by atoms with E-state index in [1.807, 2.05) is 6.07 Å².